The number of rotatable bonds is 7. The number of benzene rings is 1. The summed E-state index contributed by atoms with van der Waals surface area (Å²) in [6.45, 7) is 1.86. The third-order valence-electron chi connectivity index (χ3n) is 2.62. The second-order valence-electron chi connectivity index (χ2n) is 4.23. The Kier molecular flexibility index (Phi) is 6.09. The first kappa shape index (κ1) is 17.1. The maximum absolute atomic E-state index is 13.6. The standard InChI is InChI=1S/C12H15BrFNO4S/c1-2-3-4-10(12(16)17)15-20(18,19)11-7-8(13)5-6-9(11)14/h5-7,10,15H,2-4H2,1H3,(H,16,17). The zero-order valence-corrected chi connectivity index (χ0v) is 13.2. The molecule has 112 valence electrons. The van der Waals surface area contributed by atoms with Crippen LogP contribution >= 0.6 is 15.9 Å². The van der Waals surface area contributed by atoms with Gasteiger partial charge in [-0.2, -0.15) is 4.72 Å². The Morgan fingerprint density at radius 3 is 2.70 bits per heavy atom. The number of carboxylic acids is 1. The van der Waals surface area contributed by atoms with Crippen molar-refractivity contribution in [2.75, 3.05) is 0 Å². The first-order valence-electron chi connectivity index (χ1n) is 5.98. The van der Waals surface area contributed by atoms with E-state index in [1.54, 1.807) is 0 Å². The lowest BCUT2D eigenvalue weighted by molar-refractivity contribution is -0.139. The summed E-state index contributed by atoms with van der Waals surface area (Å²) in [7, 11) is -4.22. The van der Waals surface area contributed by atoms with Crippen molar-refractivity contribution < 1.29 is 22.7 Å². The summed E-state index contributed by atoms with van der Waals surface area (Å²) in [5.74, 6) is -2.21. The zero-order chi connectivity index (χ0) is 15.3. The van der Waals surface area contributed by atoms with E-state index < -0.39 is 32.7 Å². The topological polar surface area (TPSA) is 83.5 Å². The molecule has 0 saturated heterocycles. The number of sulfonamides is 1. The fraction of sp³-hybridized carbons (Fsp3) is 0.417. The first-order valence-corrected chi connectivity index (χ1v) is 8.25. The maximum atomic E-state index is 13.6. The van der Waals surface area contributed by atoms with Crippen molar-refractivity contribution in [3.63, 3.8) is 0 Å². The van der Waals surface area contributed by atoms with E-state index in [-0.39, 0.29) is 6.42 Å². The molecule has 0 bridgehead atoms. The second kappa shape index (κ2) is 7.14. The Hall–Kier alpha value is -0.990. The van der Waals surface area contributed by atoms with E-state index in [0.29, 0.717) is 10.9 Å². The van der Waals surface area contributed by atoms with E-state index in [9.17, 15) is 17.6 Å². The highest BCUT2D eigenvalue weighted by atomic mass is 79.9. The molecule has 1 aromatic carbocycles. The van der Waals surface area contributed by atoms with Crippen LogP contribution in [0.15, 0.2) is 27.6 Å². The number of aliphatic carboxylic acids is 1. The number of carboxylic acid groups (broad SMARTS) is 1. The molecule has 0 fully saturated rings. The van der Waals surface area contributed by atoms with Crippen LogP contribution in [-0.2, 0) is 14.8 Å². The molecule has 0 aliphatic rings. The Balaban J connectivity index is 3.03. The molecule has 0 radical (unpaired) electrons. The Bertz CT molecular complexity index is 591. The third kappa shape index (κ3) is 4.53. The highest BCUT2D eigenvalue weighted by molar-refractivity contribution is 9.10. The van der Waals surface area contributed by atoms with E-state index in [0.717, 1.165) is 18.6 Å². The summed E-state index contributed by atoms with van der Waals surface area (Å²) in [6.07, 6.45) is 1.44. The van der Waals surface area contributed by atoms with Gasteiger partial charge in [-0.3, -0.25) is 4.79 Å². The molecule has 1 unspecified atom stereocenters. The van der Waals surface area contributed by atoms with Gasteiger partial charge in [-0.25, -0.2) is 12.8 Å². The molecule has 1 atom stereocenters. The van der Waals surface area contributed by atoms with Crippen LogP contribution in [-0.4, -0.2) is 25.5 Å². The molecule has 0 heterocycles. The van der Waals surface area contributed by atoms with Gasteiger partial charge < -0.3 is 5.11 Å². The van der Waals surface area contributed by atoms with E-state index in [1.807, 2.05) is 11.6 Å². The summed E-state index contributed by atoms with van der Waals surface area (Å²) in [5, 5.41) is 9.00. The molecule has 0 amide bonds. The van der Waals surface area contributed by atoms with Gasteiger partial charge in [0.25, 0.3) is 0 Å². The van der Waals surface area contributed by atoms with Crippen molar-refractivity contribution in [1.82, 2.24) is 4.72 Å². The Morgan fingerprint density at radius 2 is 2.15 bits per heavy atom. The molecule has 2 N–H and O–H groups in total. The second-order valence-corrected chi connectivity index (χ2v) is 6.83. The minimum atomic E-state index is -4.22. The maximum Gasteiger partial charge on any atom is 0.321 e. The number of hydrogen-bond donors (Lipinski definition) is 2. The highest BCUT2D eigenvalue weighted by Gasteiger charge is 2.27. The van der Waals surface area contributed by atoms with Crippen LogP contribution in [0.5, 0.6) is 0 Å². The van der Waals surface area contributed by atoms with Crippen molar-refractivity contribution >= 4 is 31.9 Å². The first-order chi connectivity index (χ1) is 9.27. The highest BCUT2D eigenvalue weighted by Crippen LogP contribution is 2.20. The summed E-state index contributed by atoms with van der Waals surface area (Å²) in [4.78, 5) is 10.5. The van der Waals surface area contributed by atoms with Crippen molar-refractivity contribution in [3.8, 4) is 0 Å². The van der Waals surface area contributed by atoms with E-state index in [2.05, 4.69) is 15.9 Å². The van der Waals surface area contributed by atoms with Gasteiger partial charge in [0.1, 0.15) is 16.8 Å². The smallest absolute Gasteiger partial charge is 0.321 e. The lowest BCUT2D eigenvalue weighted by atomic mass is 10.1. The molecule has 0 spiro atoms. The van der Waals surface area contributed by atoms with Crippen LogP contribution in [0.1, 0.15) is 26.2 Å². The summed E-state index contributed by atoms with van der Waals surface area (Å²) in [5.41, 5.74) is 0. The molecule has 0 saturated carbocycles. The molecule has 1 rings (SSSR count). The van der Waals surface area contributed by atoms with Crippen LogP contribution in [0, 0.1) is 5.82 Å². The predicted octanol–water partition coefficient (Wildman–Crippen LogP) is 2.51. The lowest BCUT2D eigenvalue weighted by Crippen LogP contribution is -2.40. The zero-order valence-electron chi connectivity index (χ0n) is 10.8. The van der Waals surface area contributed by atoms with Gasteiger partial charge in [-0.05, 0) is 24.6 Å². The van der Waals surface area contributed by atoms with Crippen molar-refractivity contribution in [2.45, 2.75) is 37.1 Å². The van der Waals surface area contributed by atoms with E-state index >= 15 is 0 Å². The minimum absolute atomic E-state index is 0.153. The number of carbonyl (C=O) groups is 1. The van der Waals surface area contributed by atoms with Gasteiger partial charge in [0.05, 0.1) is 0 Å². The third-order valence-corrected chi connectivity index (χ3v) is 4.60. The van der Waals surface area contributed by atoms with E-state index in [4.69, 9.17) is 5.11 Å². The quantitative estimate of drug-likeness (QED) is 0.775. The SMILES string of the molecule is CCCCC(NS(=O)(=O)c1cc(Br)ccc1F)C(=O)O. The fourth-order valence-electron chi connectivity index (χ4n) is 1.57. The van der Waals surface area contributed by atoms with Crippen molar-refractivity contribution in [2.24, 2.45) is 0 Å². The molecule has 1 aromatic rings. The van der Waals surface area contributed by atoms with Gasteiger partial charge in [-0.15, -0.1) is 0 Å². The fourth-order valence-corrected chi connectivity index (χ4v) is 3.41. The number of hydrogen-bond acceptors (Lipinski definition) is 3. The summed E-state index contributed by atoms with van der Waals surface area (Å²) >= 11 is 3.05. The number of unbranched alkanes of at least 4 members (excludes halogenated alkanes) is 1. The molecular formula is C12H15BrFNO4S. The number of nitrogens with one attached hydrogen (secondary N) is 1. The molecular weight excluding hydrogens is 353 g/mol. The van der Waals surface area contributed by atoms with Gasteiger partial charge in [0, 0.05) is 4.47 Å². The molecule has 0 aliphatic carbocycles. The van der Waals surface area contributed by atoms with Gasteiger partial charge in [-0.1, -0.05) is 35.7 Å². The Morgan fingerprint density at radius 1 is 1.50 bits per heavy atom. The van der Waals surface area contributed by atoms with E-state index in [1.165, 1.54) is 6.07 Å². The van der Waals surface area contributed by atoms with Gasteiger partial charge >= 0.3 is 5.97 Å². The van der Waals surface area contributed by atoms with Gasteiger partial charge in [0.2, 0.25) is 10.0 Å². The largest absolute Gasteiger partial charge is 0.480 e. The van der Waals surface area contributed by atoms with Crippen LogP contribution < -0.4 is 4.72 Å². The van der Waals surface area contributed by atoms with Crippen LogP contribution in [0.4, 0.5) is 4.39 Å². The summed E-state index contributed by atoms with van der Waals surface area (Å²) < 4.78 is 40.1. The normalized spacial score (nSPS) is 13.2. The average molecular weight is 368 g/mol. The van der Waals surface area contributed by atoms with Crippen molar-refractivity contribution in [1.29, 1.82) is 0 Å². The lowest BCUT2D eigenvalue weighted by Gasteiger charge is -2.15. The predicted molar refractivity (Wildman–Crippen MR) is 75.4 cm³/mol. The molecule has 5 nitrogen and oxygen atoms in total. The average Bonchev–Trinajstić information content (AvgIpc) is 2.36. The van der Waals surface area contributed by atoms with Crippen molar-refractivity contribution in [3.05, 3.63) is 28.5 Å². The van der Waals surface area contributed by atoms with Crippen LogP contribution in [0.2, 0.25) is 0 Å². The molecule has 0 aromatic heterocycles. The molecule has 0 aliphatic heterocycles. The minimum Gasteiger partial charge on any atom is -0.480 e. The van der Waals surface area contributed by atoms with Gasteiger partial charge in [0.15, 0.2) is 0 Å². The van der Waals surface area contributed by atoms with Crippen LogP contribution in [0.25, 0.3) is 0 Å². The Labute approximate surface area is 125 Å². The monoisotopic (exact) mass is 367 g/mol. The van der Waals surface area contributed by atoms with Crippen LogP contribution in [0.3, 0.4) is 0 Å². The molecule has 8 heteroatoms. The summed E-state index contributed by atoms with van der Waals surface area (Å²) in [6, 6.07) is 2.19. The number of halogens is 2. The molecule has 20 heavy (non-hydrogen) atoms.